The second-order valence-corrected chi connectivity index (χ2v) is 4.73. The number of hydrogen-bond acceptors (Lipinski definition) is 7. The number of β-amino-alcohol motifs (C(OH)–C–C–N with tert-alkyl or cyclic N) is 1. The topological polar surface area (TPSA) is 97.4 Å². The van der Waals surface area contributed by atoms with Gasteiger partial charge >= 0.3 is 6.01 Å². The van der Waals surface area contributed by atoms with Crippen molar-refractivity contribution in [1.82, 2.24) is 15.0 Å². The zero-order valence-electron chi connectivity index (χ0n) is 10.8. The van der Waals surface area contributed by atoms with Gasteiger partial charge in [-0.1, -0.05) is 0 Å². The number of ether oxygens (including phenoxy) is 1. The van der Waals surface area contributed by atoms with Gasteiger partial charge in [-0.15, -0.1) is 0 Å². The van der Waals surface area contributed by atoms with Gasteiger partial charge in [0, 0.05) is 13.1 Å². The standard InChI is InChI=1S/C11H19N5O2/c1-3-18-10-14-8(12)13-9(15-10)16-6-4-5-11(2,17)7-16/h17H,3-7H2,1-2H3,(H2,12,13,14,15). The molecular formula is C11H19N5O2. The molecule has 1 aromatic heterocycles. The minimum Gasteiger partial charge on any atom is -0.464 e. The average molecular weight is 253 g/mol. The Hall–Kier alpha value is -1.63. The number of aromatic nitrogens is 3. The highest BCUT2D eigenvalue weighted by atomic mass is 16.5. The van der Waals surface area contributed by atoms with E-state index in [-0.39, 0.29) is 12.0 Å². The maximum absolute atomic E-state index is 10.1. The molecule has 1 saturated heterocycles. The summed E-state index contributed by atoms with van der Waals surface area (Å²) < 4.78 is 5.24. The zero-order chi connectivity index (χ0) is 13.2. The Morgan fingerprint density at radius 1 is 1.44 bits per heavy atom. The van der Waals surface area contributed by atoms with Gasteiger partial charge in [0.05, 0.1) is 12.2 Å². The third kappa shape index (κ3) is 2.98. The van der Waals surface area contributed by atoms with Gasteiger partial charge in [0.2, 0.25) is 11.9 Å². The highest BCUT2D eigenvalue weighted by molar-refractivity contribution is 5.37. The van der Waals surface area contributed by atoms with Crippen molar-refractivity contribution in [2.24, 2.45) is 0 Å². The molecular weight excluding hydrogens is 234 g/mol. The quantitative estimate of drug-likeness (QED) is 0.794. The smallest absolute Gasteiger partial charge is 0.323 e. The van der Waals surface area contributed by atoms with E-state index in [2.05, 4.69) is 15.0 Å². The van der Waals surface area contributed by atoms with Crippen LogP contribution in [0.2, 0.25) is 0 Å². The predicted molar refractivity (Wildman–Crippen MR) is 67.5 cm³/mol. The monoisotopic (exact) mass is 253 g/mol. The van der Waals surface area contributed by atoms with Crippen LogP contribution in [-0.2, 0) is 0 Å². The third-order valence-electron chi connectivity index (χ3n) is 2.85. The molecule has 1 atom stereocenters. The van der Waals surface area contributed by atoms with Gasteiger partial charge in [-0.2, -0.15) is 15.0 Å². The van der Waals surface area contributed by atoms with Gasteiger partial charge in [-0.25, -0.2) is 0 Å². The Morgan fingerprint density at radius 3 is 2.89 bits per heavy atom. The molecule has 3 N–H and O–H groups in total. The van der Waals surface area contributed by atoms with E-state index in [0.717, 1.165) is 19.4 Å². The number of rotatable bonds is 3. The van der Waals surface area contributed by atoms with E-state index >= 15 is 0 Å². The van der Waals surface area contributed by atoms with Gasteiger partial charge in [-0.05, 0) is 26.7 Å². The van der Waals surface area contributed by atoms with E-state index in [4.69, 9.17) is 10.5 Å². The normalized spacial score (nSPS) is 24.1. The molecule has 1 fully saturated rings. The summed E-state index contributed by atoms with van der Waals surface area (Å²) in [5, 5.41) is 10.1. The number of nitrogen functional groups attached to an aromatic ring is 1. The van der Waals surface area contributed by atoms with Crippen LogP contribution in [0.3, 0.4) is 0 Å². The Bertz CT molecular complexity index is 424. The molecule has 100 valence electrons. The minimum absolute atomic E-state index is 0.133. The summed E-state index contributed by atoms with van der Waals surface area (Å²) in [7, 11) is 0. The third-order valence-corrected chi connectivity index (χ3v) is 2.85. The molecule has 0 radical (unpaired) electrons. The van der Waals surface area contributed by atoms with Crippen LogP contribution in [-0.4, -0.2) is 45.4 Å². The van der Waals surface area contributed by atoms with Crippen LogP contribution in [0.1, 0.15) is 26.7 Å². The number of anilines is 2. The first-order chi connectivity index (χ1) is 8.50. The lowest BCUT2D eigenvalue weighted by Gasteiger charge is -2.36. The summed E-state index contributed by atoms with van der Waals surface area (Å²) in [5.74, 6) is 0.597. The van der Waals surface area contributed by atoms with E-state index < -0.39 is 5.60 Å². The van der Waals surface area contributed by atoms with Crippen LogP contribution in [0.4, 0.5) is 11.9 Å². The average Bonchev–Trinajstić information content (AvgIpc) is 2.27. The van der Waals surface area contributed by atoms with Crippen LogP contribution >= 0.6 is 0 Å². The molecule has 7 heteroatoms. The van der Waals surface area contributed by atoms with Crippen molar-refractivity contribution in [3.63, 3.8) is 0 Å². The van der Waals surface area contributed by atoms with E-state index in [1.807, 2.05) is 18.7 Å². The highest BCUT2D eigenvalue weighted by Gasteiger charge is 2.30. The molecule has 1 aliphatic rings. The van der Waals surface area contributed by atoms with Gasteiger partial charge in [0.1, 0.15) is 0 Å². The first-order valence-electron chi connectivity index (χ1n) is 6.12. The molecule has 0 aromatic carbocycles. The van der Waals surface area contributed by atoms with Crippen molar-refractivity contribution in [2.75, 3.05) is 30.3 Å². The summed E-state index contributed by atoms with van der Waals surface area (Å²) in [6.45, 7) is 5.42. The van der Waals surface area contributed by atoms with Crippen LogP contribution in [0, 0.1) is 0 Å². The second kappa shape index (κ2) is 4.93. The summed E-state index contributed by atoms with van der Waals surface area (Å²) in [4.78, 5) is 14.1. The van der Waals surface area contributed by atoms with Crippen LogP contribution in [0.25, 0.3) is 0 Å². The molecule has 2 rings (SSSR count). The molecule has 1 aromatic rings. The summed E-state index contributed by atoms with van der Waals surface area (Å²) in [6.07, 6.45) is 1.67. The minimum atomic E-state index is -0.717. The lowest BCUT2D eigenvalue weighted by Crippen LogP contribution is -2.46. The van der Waals surface area contributed by atoms with E-state index in [0.29, 0.717) is 19.1 Å². The molecule has 2 heterocycles. The fraction of sp³-hybridized carbons (Fsp3) is 0.727. The molecule has 0 spiro atoms. The van der Waals surface area contributed by atoms with Crippen molar-refractivity contribution < 1.29 is 9.84 Å². The van der Waals surface area contributed by atoms with Crippen molar-refractivity contribution in [1.29, 1.82) is 0 Å². The lowest BCUT2D eigenvalue weighted by atomic mass is 9.95. The summed E-state index contributed by atoms with van der Waals surface area (Å²) >= 11 is 0. The van der Waals surface area contributed by atoms with Crippen molar-refractivity contribution in [2.45, 2.75) is 32.3 Å². The Labute approximate surface area is 106 Å². The number of nitrogens with zero attached hydrogens (tertiary/aromatic N) is 4. The Morgan fingerprint density at radius 2 is 2.22 bits per heavy atom. The largest absolute Gasteiger partial charge is 0.464 e. The van der Waals surface area contributed by atoms with Crippen molar-refractivity contribution in [3.8, 4) is 6.01 Å². The van der Waals surface area contributed by atoms with E-state index in [1.54, 1.807) is 0 Å². The zero-order valence-corrected chi connectivity index (χ0v) is 10.8. The van der Waals surface area contributed by atoms with Gasteiger partial charge < -0.3 is 20.5 Å². The number of hydrogen-bond donors (Lipinski definition) is 2. The SMILES string of the molecule is CCOc1nc(N)nc(N2CCCC(C)(O)C2)n1. The summed E-state index contributed by atoms with van der Waals surface area (Å²) in [5.41, 5.74) is 4.92. The van der Waals surface area contributed by atoms with Crippen molar-refractivity contribution in [3.05, 3.63) is 0 Å². The fourth-order valence-electron chi connectivity index (χ4n) is 2.09. The Balaban J connectivity index is 2.21. The van der Waals surface area contributed by atoms with Gasteiger partial charge in [0.25, 0.3) is 0 Å². The molecule has 18 heavy (non-hydrogen) atoms. The van der Waals surface area contributed by atoms with E-state index in [1.165, 1.54) is 0 Å². The highest BCUT2D eigenvalue weighted by Crippen LogP contribution is 2.24. The molecule has 0 aliphatic carbocycles. The molecule has 0 amide bonds. The van der Waals surface area contributed by atoms with E-state index in [9.17, 15) is 5.11 Å². The molecule has 0 bridgehead atoms. The van der Waals surface area contributed by atoms with Gasteiger partial charge in [-0.3, -0.25) is 0 Å². The number of aliphatic hydroxyl groups is 1. The van der Waals surface area contributed by atoms with Crippen LogP contribution in [0.5, 0.6) is 6.01 Å². The van der Waals surface area contributed by atoms with Gasteiger partial charge in [0.15, 0.2) is 0 Å². The first-order valence-corrected chi connectivity index (χ1v) is 6.12. The molecule has 7 nitrogen and oxygen atoms in total. The predicted octanol–water partition coefficient (Wildman–Crippen LogP) is 0.204. The number of nitrogens with two attached hydrogens (primary N) is 1. The fourth-order valence-corrected chi connectivity index (χ4v) is 2.09. The number of piperidine rings is 1. The van der Waals surface area contributed by atoms with Crippen LogP contribution in [0.15, 0.2) is 0 Å². The maximum Gasteiger partial charge on any atom is 0.323 e. The van der Waals surface area contributed by atoms with Crippen LogP contribution < -0.4 is 15.4 Å². The molecule has 0 saturated carbocycles. The summed E-state index contributed by atoms with van der Waals surface area (Å²) in [6, 6.07) is 0.227. The van der Waals surface area contributed by atoms with Crippen molar-refractivity contribution >= 4 is 11.9 Å². The molecule has 1 unspecified atom stereocenters. The molecule has 1 aliphatic heterocycles. The maximum atomic E-state index is 10.1. The second-order valence-electron chi connectivity index (χ2n) is 4.73. The first kappa shape index (κ1) is 12.8. The Kier molecular flexibility index (Phi) is 3.51. The lowest BCUT2D eigenvalue weighted by molar-refractivity contribution is 0.0444.